The highest BCUT2D eigenvalue weighted by Crippen LogP contribution is 2.21. The first-order valence-corrected chi connectivity index (χ1v) is 6.72. The summed E-state index contributed by atoms with van der Waals surface area (Å²) in [5.74, 6) is -0.970. The molecule has 1 rings (SSSR count). The maximum absolute atomic E-state index is 12.4. The van der Waals surface area contributed by atoms with Crippen LogP contribution in [-0.2, 0) is 23.2 Å². The molecule has 0 fully saturated rings. The zero-order valence-electron chi connectivity index (χ0n) is 12.2. The SMILES string of the molecule is CCCCn1c(C(C)(C)C)ccc(CC(=O)O)c1=O. The lowest BCUT2D eigenvalue weighted by Crippen LogP contribution is -2.32. The Morgan fingerprint density at radius 1 is 1.32 bits per heavy atom. The van der Waals surface area contributed by atoms with Gasteiger partial charge in [-0.1, -0.05) is 40.2 Å². The van der Waals surface area contributed by atoms with Crippen LogP contribution in [0.3, 0.4) is 0 Å². The second kappa shape index (κ2) is 6.04. The average Bonchev–Trinajstić information content (AvgIpc) is 2.28. The summed E-state index contributed by atoms with van der Waals surface area (Å²) >= 11 is 0. The molecule has 0 atom stereocenters. The molecule has 0 amide bonds. The van der Waals surface area contributed by atoms with E-state index >= 15 is 0 Å². The largest absolute Gasteiger partial charge is 0.481 e. The van der Waals surface area contributed by atoms with Gasteiger partial charge < -0.3 is 9.67 Å². The van der Waals surface area contributed by atoms with E-state index in [2.05, 4.69) is 27.7 Å². The van der Waals surface area contributed by atoms with Gasteiger partial charge in [0.1, 0.15) is 0 Å². The molecule has 0 aliphatic heterocycles. The van der Waals surface area contributed by atoms with Gasteiger partial charge in [-0.05, 0) is 12.5 Å². The second-order valence-corrected chi connectivity index (χ2v) is 5.87. The molecule has 0 spiro atoms. The molecule has 0 unspecified atom stereocenters. The van der Waals surface area contributed by atoms with Gasteiger partial charge in [-0.3, -0.25) is 9.59 Å². The Kier molecular flexibility index (Phi) is 4.92. The van der Waals surface area contributed by atoms with Gasteiger partial charge in [0.15, 0.2) is 0 Å². The van der Waals surface area contributed by atoms with Gasteiger partial charge in [-0.2, -0.15) is 0 Å². The number of carbonyl (C=O) groups is 1. The molecular formula is C15H23NO3. The molecule has 0 aromatic carbocycles. The van der Waals surface area contributed by atoms with Crippen molar-refractivity contribution in [1.82, 2.24) is 4.57 Å². The maximum atomic E-state index is 12.4. The number of hydrogen-bond donors (Lipinski definition) is 1. The molecule has 4 heteroatoms. The summed E-state index contributed by atoms with van der Waals surface area (Å²) in [7, 11) is 0. The molecule has 4 nitrogen and oxygen atoms in total. The van der Waals surface area contributed by atoms with E-state index in [9.17, 15) is 9.59 Å². The van der Waals surface area contributed by atoms with E-state index in [-0.39, 0.29) is 17.4 Å². The topological polar surface area (TPSA) is 59.3 Å². The van der Waals surface area contributed by atoms with E-state index < -0.39 is 5.97 Å². The van der Waals surface area contributed by atoms with Crippen LogP contribution >= 0.6 is 0 Å². The van der Waals surface area contributed by atoms with E-state index in [4.69, 9.17) is 5.11 Å². The molecular weight excluding hydrogens is 242 g/mol. The quantitative estimate of drug-likeness (QED) is 0.890. The van der Waals surface area contributed by atoms with Crippen LogP contribution in [0.5, 0.6) is 0 Å². The number of carboxylic acid groups (broad SMARTS) is 1. The number of carboxylic acids is 1. The summed E-state index contributed by atoms with van der Waals surface area (Å²) in [5, 5.41) is 8.84. The van der Waals surface area contributed by atoms with Crippen LogP contribution in [0.15, 0.2) is 16.9 Å². The zero-order valence-corrected chi connectivity index (χ0v) is 12.2. The number of nitrogens with zero attached hydrogens (tertiary/aromatic N) is 1. The van der Waals surface area contributed by atoms with Crippen LogP contribution in [0, 0.1) is 0 Å². The number of rotatable bonds is 5. The van der Waals surface area contributed by atoms with Crippen LogP contribution in [-0.4, -0.2) is 15.6 Å². The van der Waals surface area contributed by atoms with Gasteiger partial charge in [-0.25, -0.2) is 0 Å². The first-order chi connectivity index (χ1) is 8.77. The van der Waals surface area contributed by atoms with Crippen molar-refractivity contribution >= 4 is 5.97 Å². The van der Waals surface area contributed by atoms with E-state index in [0.717, 1.165) is 18.5 Å². The van der Waals surface area contributed by atoms with Crippen LogP contribution in [0.1, 0.15) is 51.8 Å². The summed E-state index contributed by atoms with van der Waals surface area (Å²) in [4.78, 5) is 23.2. The number of aliphatic carboxylic acids is 1. The maximum Gasteiger partial charge on any atom is 0.308 e. The van der Waals surface area contributed by atoms with Crippen molar-refractivity contribution in [3.05, 3.63) is 33.7 Å². The molecule has 19 heavy (non-hydrogen) atoms. The smallest absolute Gasteiger partial charge is 0.308 e. The van der Waals surface area contributed by atoms with Gasteiger partial charge in [0.2, 0.25) is 0 Å². The fourth-order valence-corrected chi connectivity index (χ4v) is 2.11. The summed E-state index contributed by atoms with van der Waals surface area (Å²) in [6.45, 7) is 8.89. The minimum Gasteiger partial charge on any atom is -0.481 e. The molecule has 0 aliphatic rings. The van der Waals surface area contributed by atoms with Gasteiger partial charge in [-0.15, -0.1) is 0 Å². The predicted octanol–water partition coefficient (Wildman–Crippen LogP) is 2.57. The number of aromatic nitrogens is 1. The lowest BCUT2D eigenvalue weighted by molar-refractivity contribution is -0.136. The lowest BCUT2D eigenvalue weighted by atomic mass is 9.90. The Hall–Kier alpha value is -1.58. The Morgan fingerprint density at radius 3 is 2.42 bits per heavy atom. The number of hydrogen-bond acceptors (Lipinski definition) is 2. The standard InChI is InChI=1S/C15H23NO3/c1-5-6-9-16-12(15(2,3)4)8-7-11(14(16)19)10-13(17)18/h7-8H,5-6,9-10H2,1-4H3,(H,17,18). The lowest BCUT2D eigenvalue weighted by Gasteiger charge is -2.24. The van der Waals surface area contributed by atoms with Crippen molar-refractivity contribution in [1.29, 1.82) is 0 Å². The first kappa shape index (κ1) is 15.5. The molecule has 0 saturated heterocycles. The third-order valence-corrected chi connectivity index (χ3v) is 3.10. The average molecular weight is 265 g/mol. The van der Waals surface area contributed by atoms with Gasteiger partial charge >= 0.3 is 5.97 Å². The normalized spacial score (nSPS) is 11.6. The summed E-state index contributed by atoms with van der Waals surface area (Å²) < 4.78 is 1.74. The van der Waals surface area contributed by atoms with Crippen LogP contribution in [0.2, 0.25) is 0 Å². The summed E-state index contributed by atoms with van der Waals surface area (Å²) in [5.41, 5.74) is 1.02. The van der Waals surface area contributed by atoms with Crippen molar-refractivity contribution in [2.24, 2.45) is 0 Å². The fourth-order valence-electron chi connectivity index (χ4n) is 2.11. The van der Waals surface area contributed by atoms with Crippen molar-refractivity contribution in [3.63, 3.8) is 0 Å². The fraction of sp³-hybridized carbons (Fsp3) is 0.600. The Labute approximate surface area is 114 Å². The molecule has 0 radical (unpaired) electrons. The second-order valence-electron chi connectivity index (χ2n) is 5.87. The Morgan fingerprint density at radius 2 is 1.95 bits per heavy atom. The zero-order chi connectivity index (χ0) is 14.6. The monoisotopic (exact) mass is 265 g/mol. The Balaban J connectivity index is 3.32. The van der Waals surface area contributed by atoms with E-state index in [1.165, 1.54) is 0 Å². The van der Waals surface area contributed by atoms with Crippen molar-refractivity contribution in [2.45, 2.75) is 58.9 Å². The molecule has 106 valence electrons. The van der Waals surface area contributed by atoms with Crippen molar-refractivity contribution < 1.29 is 9.90 Å². The van der Waals surface area contributed by atoms with Crippen molar-refractivity contribution in [2.75, 3.05) is 0 Å². The minimum absolute atomic E-state index is 0.130. The molecule has 0 bridgehead atoms. The van der Waals surface area contributed by atoms with Crippen LogP contribution in [0.25, 0.3) is 0 Å². The van der Waals surface area contributed by atoms with E-state index in [1.54, 1.807) is 10.6 Å². The molecule has 1 N–H and O–H groups in total. The minimum atomic E-state index is -0.970. The molecule has 1 heterocycles. The van der Waals surface area contributed by atoms with Gasteiger partial charge in [0.05, 0.1) is 6.42 Å². The molecule has 0 saturated carbocycles. The summed E-state index contributed by atoms with van der Waals surface area (Å²) in [6.07, 6.45) is 1.70. The van der Waals surface area contributed by atoms with Crippen LogP contribution in [0.4, 0.5) is 0 Å². The predicted molar refractivity (Wildman–Crippen MR) is 75.6 cm³/mol. The molecule has 1 aromatic heterocycles. The Bertz CT molecular complexity index is 509. The first-order valence-electron chi connectivity index (χ1n) is 6.72. The van der Waals surface area contributed by atoms with E-state index in [0.29, 0.717) is 12.1 Å². The van der Waals surface area contributed by atoms with E-state index in [1.807, 2.05) is 6.07 Å². The van der Waals surface area contributed by atoms with Crippen molar-refractivity contribution in [3.8, 4) is 0 Å². The third kappa shape index (κ3) is 3.94. The van der Waals surface area contributed by atoms with Gasteiger partial charge in [0.25, 0.3) is 5.56 Å². The highest BCUT2D eigenvalue weighted by molar-refractivity contribution is 5.70. The highest BCUT2D eigenvalue weighted by Gasteiger charge is 2.20. The number of unbranched alkanes of at least 4 members (excludes halogenated alkanes) is 1. The van der Waals surface area contributed by atoms with Crippen LogP contribution < -0.4 is 5.56 Å². The van der Waals surface area contributed by atoms with Gasteiger partial charge in [0, 0.05) is 23.2 Å². The third-order valence-electron chi connectivity index (χ3n) is 3.10. The molecule has 1 aromatic rings. The summed E-state index contributed by atoms with van der Waals surface area (Å²) in [6, 6.07) is 3.54. The number of pyridine rings is 1. The highest BCUT2D eigenvalue weighted by atomic mass is 16.4. The molecule has 0 aliphatic carbocycles.